The van der Waals surface area contributed by atoms with Crippen LogP contribution in [0.4, 0.5) is 13.2 Å². The van der Waals surface area contributed by atoms with E-state index >= 15 is 0 Å². The van der Waals surface area contributed by atoms with Gasteiger partial charge in [0.25, 0.3) is 0 Å². The molecule has 0 amide bonds. The Balaban J connectivity index is 1.84. The molecule has 20 heavy (non-hydrogen) atoms. The SMILES string of the molecule is CN1CCN(CCN2CCCNCC2C(F)(F)F)CC1. The second kappa shape index (κ2) is 7.06. The molecular weight excluding hydrogens is 269 g/mol. The van der Waals surface area contributed by atoms with Crippen molar-refractivity contribution < 1.29 is 13.2 Å². The maximum Gasteiger partial charge on any atom is 0.405 e. The van der Waals surface area contributed by atoms with Gasteiger partial charge in [-0.05, 0) is 20.0 Å². The lowest BCUT2D eigenvalue weighted by atomic mass is 10.2. The summed E-state index contributed by atoms with van der Waals surface area (Å²) < 4.78 is 39.3. The van der Waals surface area contributed by atoms with Crippen LogP contribution in [0, 0.1) is 0 Å². The first-order chi connectivity index (χ1) is 9.47. The highest BCUT2D eigenvalue weighted by Crippen LogP contribution is 2.25. The Morgan fingerprint density at radius 3 is 2.40 bits per heavy atom. The average Bonchev–Trinajstić information content (AvgIpc) is 2.63. The number of nitrogens with zero attached hydrogens (tertiary/aromatic N) is 3. The number of likely N-dealkylation sites (N-methyl/N-ethyl adjacent to an activating group) is 1. The molecule has 0 radical (unpaired) electrons. The lowest BCUT2D eigenvalue weighted by Crippen LogP contribution is -2.53. The van der Waals surface area contributed by atoms with Crippen molar-refractivity contribution in [2.75, 3.05) is 66.0 Å². The molecule has 2 rings (SSSR count). The van der Waals surface area contributed by atoms with E-state index in [1.165, 1.54) is 0 Å². The van der Waals surface area contributed by atoms with Crippen molar-refractivity contribution >= 4 is 0 Å². The third-order valence-corrected chi connectivity index (χ3v) is 4.25. The molecule has 2 heterocycles. The monoisotopic (exact) mass is 294 g/mol. The Morgan fingerprint density at radius 1 is 1.05 bits per heavy atom. The molecule has 0 aliphatic carbocycles. The van der Waals surface area contributed by atoms with Gasteiger partial charge < -0.3 is 10.2 Å². The summed E-state index contributed by atoms with van der Waals surface area (Å²) in [7, 11) is 2.08. The normalized spacial score (nSPS) is 28.5. The van der Waals surface area contributed by atoms with Gasteiger partial charge in [-0.15, -0.1) is 0 Å². The number of piperazine rings is 1. The summed E-state index contributed by atoms with van der Waals surface area (Å²) in [5, 5.41) is 2.90. The van der Waals surface area contributed by atoms with Crippen LogP contribution < -0.4 is 5.32 Å². The highest BCUT2D eigenvalue weighted by atomic mass is 19.4. The summed E-state index contributed by atoms with van der Waals surface area (Å²) in [5.41, 5.74) is 0. The van der Waals surface area contributed by atoms with Crippen molar-refractivity contribution in [1.29, 1.82) is 0 Å². The highest BCUT2D eigenvalue weighted by Gasteiger charge is 2.43. The van der Waals surface area contributed by atoms with Gasteiger partial charge in [-0.1, -0.05) is 0 Å². The summed E-state index contributed by atoms with van der Waals surface area (Å²) in [5.74, 6) is 0. The smallest absolute Gasteiger partial charge is 0.315 e. The Bertz CT molecular complexity index is 290. The number of rotatable bonds is 3. The van der Waals surface area contributed by atoms with E-state index in [1.807, 2.05) is 0 Å². The number of alkyl halides is 3. The number of hydrogen-bond donors (Lipinski definition) is 1. The zero-order valence-corrected chi connectivity index (χ0v) is 12.1. The standard InChI is InChI=1S/C13H25F3N4/c1-18-5-7-19(8-6-18)9-10-20-4-2-3-17-11-12(20)13(14,15)16/h12,17H,2-11H2,1H3. The molecule has 1 atom stereocenters. The van der Waals surface area contributed by atoms with Gasteiger partial charge in [-0.2, -0.15) is 13.2 Å². The van der Waals surface area contributed by atoms with Gasteiger partial charge in [0.1, 0.15) is 6.04 Å². The summed E-state index contributed by atoms with van der Waals surface area (Å²) in [6, 6.07) is -1.34. The van der Waals surface area contributed by atoms with Gasteiger partial charge in [-0.3, -0.25) is 9.80 Å². The Labute approximate surface area is 118 Å². The maximum absolute atomic E-state index is 13.1. The van der Waals surface area contributed by atoms with Gasteiger partial charge in [0, 0.05) is 52.4 Å². The molecule has 1 N–H and O–H groups in total. The van der Waals surface area contributed by atoms with E-state index in [9.17, 15) is 13.2 Å². The van der Waals surface area contributed by atoms with Crippen LogP contribution in [-0.4, -0.2) is 92.9 Å². The van der Waals surface area contributed by atoms with Crippen LogP contribution >= 0.6 is 0 Å². The fourth-order valence-corrected chi connectivity index (χ4v) is 2.86. The van der Waals surface area contributed by atoms with Crippen molar-refractivity contribution in [3.05, 3.63) is 0 Å². The quantitative estimate of drug-likeness (QED) is 0.816. The van der Waals surface area contributed by atoms with Crippen molar-refractivity contribution in [2.24, 2.45) is 0 Å². The van der Waals surface area contributed by atoms with Crippen LogP contribution in [-0.2, 0) is 0 Å². The zero-order chi connectivity index (χ0) is 14.6. The molecular formula is C13H25F3N4. The van der Waals surface area contributed by atoms with Crippen LogP contribution in [0.1, 0.15) is 6.42 Å². The van der Waals surface area contributed by atoms with E-state index in [2.05, 4.69) is 22.2 Å². The first kappa shape index (κ1) is 16.0. The number of halogens is 3. The summed E-state index contributed by atoms with van der Waals surface area (Å²) in [6.45, 7) is 6.40. The van der Waals surface area contributed by atoms with Crippen LogP contribution in [0.15, 0.2) is 0 Å². The zero-order valence-electron chi connectivity index (χ0n) is 12.1. The van der Waals surface area contributed by atoms with E-state index in [0.717, 1.165) is 39.1 Å². The van der Waals surface area contributed by atoms with Crippen molar-refractivity contribution in [2.45, 2.75) is 18.6 Å². The highest BCUT2D eigenvalue weighted by molar-refractivity contribution is 4.84. The second-order valence-electron chi connectivity index (χ2n) is 5.80. The lowest BCUT2D eigenvalue weighted by Gasteiger charge is -2.36. The van der Waals surface area contributed by atoms with E-state index in [-0.39, 0.29) is 6.54 Å². The van der Waals surface area contributed by atoms with Crippen LogP contribution in [0.25, 0.3) is 0 Å². The molecule has 0 saturated carbocycles. The molecule has 0 aromatic carbocycles. The molecule has 2 saturated heterocycles. The number of nitrogens with one attached hydrogen (secondary N) is 1. The van der Waals surface area contributed by atoms with Crippen LogP contribution in [0.5, 0.6) is 0 Å². The fourth-order valence-electron chi connectivity index (χ4n) is 2.86. The molecule has 0 aromatic rings. The molecule has 0 aromatic heterocycles. The summed E-state index contributed by atoms with van der Waals surface area (Å²) in [4.78, 5) is 6.13. The predicted molar refractivity (Wildman–Crippen MR) is 72.8 cm³/mol. The molecule has 4 nitrogen and oxygen atoms in total. The lowest BCUT2D eigenvalue weighted by molar-refractivity contribution is -0.181. The topological polar surface area (TPSA) is 21.8 Å². The third-order valence-electron chi connectivity index (χ3n) is 4.25. The maximum atomic E-state index is 13.1. The first-order valence-corrected chi connectivity index (χ1v) is 7.39. The van der Waals surface area contributed by atoms with Gasteiger partial charge in [0.15, 0.2) is 0 Å². The Hall–Kier alpha value is -0.370. The van der Waals surface area contributed by atoms with Crippen LogP contribution in [0.3, 0.4) is 0 Å². The minimum absolute atomic E-state index is 0.0201. The molecule has 2 aliphatic rings. The molecule has 7 heteroatoms. The minimum Gasteiger partial charge on any atom is -0.315 e. The fraction of sp³-hybridized carbons (Fsp3) is 1.00. The predicted octanol–water partition coefficient (Wildman–Crippen LogP) is 0.460. The molecule has 118 valence electrons. The number of hydrogen-bond acceptors (Lipinski definition) is 4. The summed E-state index contributed by atoms with van der Waals surface area (Å²) >= 11 is 0. The minimum atomic E-state index is -4.14. The second-order valence-corrected chi connectivity index (χ2v) is 5.80. The first-order valence-electron chi connectivity index (χ1n) is 7.39. The molecule has 0 spiro atoms. The van der Waals surface area contributed by atoms with Crippen molar-refractivity contribution in [3.8, 4) is 0 Å². The van der Waals surface area contributed by atoms with Gasteiger partial charge >= 0.3 is 6.18 Å². The van der Waals surface area contributed by atoms with Gasteiger partial charge in [0.2, 0.25) is 0 Å². The Kier molecular flexibility index (Phi) is 5.65. The van der Waals surface area contributed by atoms with Crippen molar-refractivity contribution in [1.82, 2.24) is 20.0 Å². The van der Waals surface area contributed by atoms with E-state index < -0.39 is 12.2 Å². The molecule has 2 aliphatic heterocycles. The van der Waals surface area contributed by atoms with E-state index in [1.54, 1.807) is 4.90 Å². The van der Waals surface area contributed by atoms with Crippen LogP contribution in [0.2, 0.25) is 0 Å². The van der Waals surface area contributed by atoms with Crippen molar-refractivity contribution in [3.63, 3.8) is 0 Å². The largest absolute Gasteiger partial charge is 0.405 e. The molecule has 0 bridgehead atoms. The van der Waals surface area contributed by atoms with Gasteiger partial charge in [-0.25, -0.2) is 0 Å². The molecule has 2 fully saturated rings. The Morgan fingerprint density at radius 2 is 1.75 bits per heavy atom. The third kappa shape index (κ3) is 4.58. The summed E-state index contributed by atoms with van der Waals surface area (Å²) in [6.07, 6.45) is -3.35. The molecule has 1 unspecified atom stereocenters. The van der Waals surface area contributed by atoms with E-state index in [4.69, 9.17) is 0 Å². The van der Waals surface area contributed by atoms with E-state index in [0.29, 0.717) is 19.6 Å². The average molecular weight is 294 g/mol. The van der Waals surface area contributed by atoms with Gasteiger partial charge in [0.05, 0.1) is 0 Å².